The number of hydrogen-bond acceptors (Lipinski definition) is 2. The molecular weight excluding hydrogens is 178 g/mol. The molecule has 0 atom stereocenters. The van der Waals surface area contributed by atoms with Gasteiger partial charge in [0.05, 0.1) is 0 Å². The molecule has 0 radical (unpaired) electrons. The second-order valence-corrected chi connectivity index (χ2v) is 3.31. The fourth-order valence-electron chi connectivity index (χ4n) is 1.37. The maximum absolute atomic E-state index is 8.53. The molecule has 0 fully saturated rings. The molecule has 0 amide bonds. The number of oxime groups is 1. The molecule has 0 saturated heterocycles. The van der Waals surface area contributed by atoms with Crippen molar-refractivity contribution >= 4 is 11.6 Å². The first kappa shape index (κ1) is 10.4. The molecule has 4 heteroatoms. The number of hydrogen-bond donors (Lipinski definition) is 2. The number of nitrogens with zero attached hydrogens (tertiary/aromatic N) is 2. The third-order valence-electron chi connectivity index (χ3n) is 2.16. The van der Waals surface area contributed by atoms with Gasteiger partial charge in [-0.15, -0.1) is 0 Å². The predicted molar refractivity (Wildman–Crippen MR) is 57.7 cm³/mol. The molecule has 0 spiro atoms. The summed E-state index contributed by atoms with van der Waals surface area (Å²) in [6.07, 6.45) is 0. The lowest BCUT2D eigenvalue weighted by Crippen LogP contribution is -2.34. The van der Waals surface area contributed by atoms with Gasteiger partial charge in [0.2, 0.25) is 5.96 Å². The molecule has 0 bridgehead atoms. The van der Waals surface area contributed by atoms with Crippen molar-refractivity contribution < 1.29 is 5.21 Å². The van der Waals surface area contributed by atoms with E-state index in [1.165, 1.54) is 5.56 Å². The van der Waals surface area contributed by atoms with Crippen molar-refractivity contribution in [1.29, 1.82) is 0 Å². The third-order valence-corrected chi connectivity index (χ3v) is 2.16. The van der Waals surface area contributed by atoms with Crippen molar-refractivity contribution in [3.63, 3.8) is 0 Å². The van der Waals surface area contributed by atoms with Gasteiger partial charge in [-0.1, -0.05) is 22.9 Å². The van der Waals surface area contributed by atoms with E-state index in [2.05, 4.69) is 11.2 Å². The van der Waals surface area contributed by atoms with Crippen LogP contribution in [0.5, 0.6) is 0 Å². The Morgan fingerprint density at radius 3 is 2.57 bits per heavy atom. The summed E-state index contributed by atoms with van der Waals surface area (Å²) < 4.78 is 0. The first-order valence-electron chi connectivity index (χ1n) is 4.34. The van der Waals surface area contributed by atoms with E-state index in [0.29, 0.717) is 0 Å². The standard InChI is InChI=1S/C10H15N3O/c1-7-4-5-9(8(2)6-7)13(3)10(11)12-14/h4-6,14H,1-3H3,(H2,11,12). The van der Waals surface area contributed by atoms with Gasteiger partial charge in [0, 0.05) is 12.7 Å². The van der Waals surface area contributed by atoms with E-state index in [1.807, 2.05) is 26.0 Å². The van der Waals surface area contributed by atoms with Crippen LogP contribution in [0.25, 0.3) is 0 Å². The van der Waals surface area contributed by atoms with Gasteiger partial charge in [0.1, 0.15) is 0 Å². The Balaban J connectivity index is 3.07. The quantitative estimate of drug-likeness (QED) is 0.307. The zero-order valence-electron chi connectivity index (χ0n) is 8.65. The highest BCUT2D eigenvalue weighted by molar-refractivity contribution is 5.94. The topological polar surface area (TPSA) is 61.8 Å². The lowest BCUT2D eigenvalue weighted by molar-refractivity contribution is 0.317. The summed E-state index contributed by atoms with van der Waals surface area (Å²) in [4.78, 5) is 1.63. The van der Waals surface area contributed by atoms with Gasteiger partial charge < -0.3 is 15.8 Å². The van der Waals surface area contributed by atoms with Gasteiger partial charge in [-0.25, -0.2) is 0 Å². The molecule has 3 N–H and O–H groups in total. The largest absolute Gasteiger partial charge is 0.408 e. The summed E-state index contributed by atoms with van der Waals surface area (Å²) in [6, 6.07) is 5.99. The zero-order valence-corrected chi connectivity index (χ0v) is 8.65. The van der Waals surface area contributed by atoms with Crippen LogP contribution in [0.15, 0.2) is 23.4 Å². The number of guanidine groups is 1. The number of benzene rings is 1. The smallest absolute Gasteiger partial charge is 0.237 e. The minimum Gasteiger partial charge on any atom is -0.408 e. The number of anilines is 1. The Morgan fingerprint density at radius 1 is 1.43 bits per heavy atom. The van der Waals surface area contributed by atoms with Crippen molar-refractivity contribution in [3.8, 4) is 0 Å². The molecule has 4 nitrogen and oxygen atoms in total. The third kappa shape index (κ3) is 1.96. The van der Waals surface area contributed by atoms with Crippen LogP contribution in [0.3, 0.4) is 0 Å². The Morgan fingerprint density at radius 2 is 2.07 bits per heavy atom. The number of rotatable bonds is 1. The second kappa shape index (κ2) is 4.00. The maximum Gasteiger partial charge on any atom is 0.237 e. The van der Waals surface area contributed by atoms with Gasteiger partial charge in [0.15, 0.2) is 0 Å². The minimum absolute atomic E-state index is 0.0805. The Kier molecular flexibility index (Phi) is 2.96. The molecule has 1 aromatic rings. The average Bonchev–Trinajstić information content (AvgIpc) is 2.15. The molecular formula is C10H15N3O. The molecule has 0 heterocycles. The van der Waals surface area contributed by atoms with Gasteiger partial charge in [-0.2, -0.15) is 0 Å². The summed E-state index contributed by atoms with van der Waals surface area (Å²) in [5.74, 6) is 0.0805. The van der Waals surface area contributed by atoms with Crippen LogP contribution in [-0.4, -0.2) is 18.2 Å². The van der Waals surface area contributed by atoms with Crippen molar-refractivity contribution in [2.24, 2.45) is 10.9 Å². The molecule has 0 aliphatic rings. The zero-order chi connectivity index (χ0) is 10.7. The first-order valence-corrected chi connectivity index (χ1v) is 4.34. The van der Waals surface area contributed by atoms with Crippen molar-refractivity contribution in [3.05, 3.63) is 29.3 Å². The molecule has 0 aliphatic heterocycles. The highest BCUT2D eigenvalue weighted by Crippen LogP contribution is 2.19. The number of nitrogens with two attached hydrogens (primary N) is 1. The van der Waals surface area contributed by atoms with Crippen molar-refractivity contribution in [1.82, 2.24) is 0 Å². The van der Waals surface area contributed by atoms with Crippen LogP contribution < -0.4 is 10.6 Å². The SMILES string of the molecule is Cc1ccc(N(C)C(N)=NO)c(C)c1. The summed E-state index contributed by atoms with van der Waals surface area (Å²) in [7, 11) is 1.76. The molecule has 0 aliphatic carbocycles. The fourth-order valence-corrected chi connectivity index (χ4v) is 1.37. The summed E-state index contributed by atoms with van der Waals surface area (Å²) >= 11 is 0. The van der Waals surface area contributed by atoms with Gasteiger partial charge >= 0.3 is 0 Å². The Bertz CT molecular complexity index is 360. The Labute approximate surface area is 83.6 Å². The van der Waals surface area contributed by atoms with E-state index in [1.54, 1.807) is 11.9 Å². The van der Waals surface area contributed by atoms with Gasteiger partial charge in [-0.3, -0.25) is 0 Å². The number of aryl methyl sites for hydroxylation is 2. The highest BCUT2D eigenvalue weighted by atomic mass is 16.4. The van der Waals surface area contributed by atoms with E-state index in [9.17, 15) is 0 Å². The Hall–Kier alpha value is -1.71. The monoisotopic (exact) mass is 193 g/mol. The summed E-state index contributed by atoms with van der Waals surface area (Å²) in [6.45, 7) is 4.02. The van der Waals surface area contributed by atoms with Crippen LogP contribution in [0, 0.1) is 13.8 Å². The predicted octanol–water partition coefficient (Wildman–Crippen LogP) is 1.44. The molecule has 0 saturated carbocycles. The lowest BCUT2D eigenvalue weighted by Gasteiger charge is -2.19. The molecule has 1 aromatic carbocycles. The fraction of sp³-hybridized carbons (Fsp3) is 0.300. The summed E-state index contributed by atoms with van der Waals surface area (Å²) in [5.41, 5.74) is 8.71. The van der Waals surface area contributed by atoms with E-state index < -0.39 is 0 Å². The molecule has 1 rings (SSSR count). The van der Waals surface area contributed by atoms with Crippen LogP contribution in [-0.2, 0) is 0 Å². The summed E-state index contributed by atoms with van der Waals surface area (Å²) in [5, 5.41) is 11.5. The molecule has 0 unspecified atom stereocenters. The average molecular weight is 193 g/mol. The van der Waals surface area contributed by atoms with Crippen molar-refractivity contribution in [2.75, 3.05) is 11.9 Å². The van der Waals surface area contributed by atoms with Crippen molar-refractivity contribution in [2.45, 2.75) is 13.8 Å². The second-order valence-electron chi connectivity index (χ2n) is 3.31. The van der Waals surface area contributed by atoms with Crippen LogP contribution in [0.4, 0.5) is 5.69 Å². The minimum atomic E-state index is 0.0805. The van der Waals surface area contributed by atoms with E-state index in [0.717, 1.165) is 11.3 Å². The maximum atomic E-state index is 8.53. The first-order chi connectivity index (χ1) is 6.56. The molecule has 76 valence electrons. The van der Waals surface area contributed by atoms with Crippen LogP contribution in [0.2, 0.25) is 0 Å². The van der Waals surface area contributed by atoms with Crippen LogP contribution >= 0.6 is 0 Å². The lowest BCUT2D eigenvalue weighted by atomic mass is 10.1. The van der Waals surface area contributed by atoms with E-state index in [4.69, 9.17) is 10.9 Å². The van der Waals surface area contributed by atoms with Crippen LogP contribution in [0.1, 0.15) is 11.1 Å². The van der Waals surface area contributed by atoms with E-state index in [-0.39, 0.29) is 5.96 Å². The van der Waals surface area contributed by atoms with Gasteiger partial charge in [0.25, 0.3) is 0 Å². The normalized spacial score (nSPS) is 11.5. The van der Waals surface area contributed by atoms with E-state index >= 15 is 0 Å². The molecule has 0 aromatic heterocycles. The highest BCUT2D eigenvalue weighted by Gasteiger charge is 2.07. The molecule has 14 heavy (non-hydrogen) atoms. The van der Waals surface area contributed by atoms with Gasteiger partial charge in [-0.05, 0) is 25.5 Å².